The number of aryl methyl sites for hydroxylation is 2. The van der Waals surface area contributed by atoms with Crippen molar-refractivity contribution in [3.05, 3.63) is 38.1 Å². The number of nitrogens with zero attached hydrogens (tertiary/aromatic N) is 3. The predicted octanol–water partition coefficient (Wildman–Crippen LogP) is 3.11. The molecule has 2 aromatic rings. The lowest BCUT2D eigenvalue weighted by Gasteiger charge is -2.16. The van der Waals surface area contributed by atoms with E-state index in [0.717, 1.165) is 21.2 Å². The van der Waals surface area contributed by atoms with E-state index in [1.807, 2.05) is 26.0 Å². The Kier molecular flexibility index (Phi) is 6.26. The Labute approximate surface area is 171 Å². The van der Waals surface area contributed by atoms with E-state index in [1.165, 1.54) is 0 Å². The molecule has 1 aromatic heterocycles. The zero-order valence-corrected chi connectivity index (χ0v) is 18.0. The molecule has 1 aliphatic rings. The molecule has 0 N–H and O–H groups in total. The van der Waals surface area contributed by atoms with Crippen molar-refractivity contribution >= 4 is 22.1 Å². The fourth-order valence-corrected chi connectivity index (χ4v) is 4.26. The number of ether oxygens (including phenoxy) is 2. The lowest BCUT2D eigenvalue weighted by Crippen LogP contribution is -2.27. The van der Waals surface area contributed by atoms with Crippen LogP contribution >= 0.6 is 15.9 Å². The first kappa shape index (κ1) is 20.6. The van der Waals surface area contributed by atoms with Crippen molar-refractivity contribution in [1.82, 2.24) is 14.4 Å². The Morgan fingerprint density at radius 2 is 1.68 bits per heavy atom. The van der Waals surface area contributed by atoms with Gasteiger partial charge >= 0.3 is 6.16 Å². The van der Waals surface area contributed by atoms with Crippen LogP contribution in [0.15, 0.2) is 21.4 Å². The van der Waals surface area contributed by atoms with E-state index in [-0.39, 0.29) is 18.0 Å². The molecule has 0 aliphatic carbocycles. The third-order valence-electron chi connectivity index (χ3n) is 4.76. The van der Waals surface area contributed by atoms with Crippen LogP contribution in [-0.2, 0) is 22.7 Å². The number of carbonyl (C=O) groups excluding carboxylic acids is 1. The highest BCUT2D eigenvalue weighted by atomic mass is 79.9. The molecule has 9 heteroatoms. The van der Waals surface area contributed by atoms with Gasteiger partial charge in [0.1, 0.15) is 5.56 Å². The molecule has 0 saturated heterocycles. The van der Waals surface area contributed by atoms with Crippen LogP contribution < -0.4 is 10.3 Å². The van der Waals surface area contributed by atoms with Crippen LogP contribution in [0.25, 0.3) is 11.1 Å². The molecule has 152 valence electrons. The molecule has 0 atom stereocenters. The number of carbonyl (C=O) groups is 1. The molecular formula is C19H24BrN3O5. The van der Waals surface area contributed by atoms with Crippen molar-refractivity contribution in [2.45, 2.75) is 33.9 Å². The highest BCUT2D eigenvalue weighted by Gasteiger charge is 2.29. The topological polar surface area (TPSA) is 74.9 Å². The Hall–Kier alpha value is -2.10. The second kappa shape index (κ2) is 8.50. The van der Waals surface area contributed by atoms with Crippen molar-refractivity contribution in [2.24, 2.45) is 0 Å². The minimum atomic E-state index is -0.829. The molecule has 0 bridgehead atoms. The maximum Gasteiger partial charge on any atom is 0.515 e. The van der Waals surface area contributed by atoms with Crippen LogP contribution in [0.1, 0.15) is 18.1 Å². The summed E-state index contributed by atoms with van der Waals surface area (Å²) in [5.41, 5.74) is 2.77. The first-order valence-electron chi connectivity index (χ1n) is 9.11. The second-order valence-electron chi connectivity index (χ2n) is 6.54. The Morgan fingerprint density at radius 1 is 1.07 bits per heavy atom. The van der Waals surface area contributed by atoms with Gasteiger partial charge in [-0.05, 0) is 49.6 Å². The summed E-state index contributed by atoms with van der Waals surface area (Å²) in [6.45, 7) is 7.72. The van der Waals surface area contributed by atoms with Crippen LogP contribution in [-0.4, -0.2) is 47.4 Å². The van der Waals surface area contributed by atoms with Crippen LogP contribution in [0, 0.1) is 13.8 Å². The number of benzene rings is 1. The van der Waals surface area contributed by atoms with Crippen molar-refractivity contribution in [1.29, 1.82) is 0 Å². The third-order valence-corrected chi connectivity index (χ3v) is 5.22. The van der Waals surface area contributed by atoms with Crippen LogP contribution in [0.2, 0.25) is 0 Å². The number of halogens is 1. The fraction of sp³-hybridized carbons (Fsp3) is 0.474. The van der Waals surface area contributed by atoms with Gasteiger partial charge in [0.2, 0.25) is 5.88 Å². The number of rotatable bonds is 4. The Morgan fingerprint density at radius 3 is 2.25 bits per heavy atom. The van der Waals surface area contributed by atoms with Gasteiger partial charge in [-0.2, -0.15) is 5.06 Å². The molecule has 0 spiro atoms. The zero-order chi connectivity index (χ0) is 20.4. The number of hydroxylamine groups is 2. The van der Waals surface area contributed by atoms with Gasteiger partial charge in [0.15, 0.2) is 0 Å². The van der Waals surface area contributed by atoms with E-state index in [4.69, 9.17) is 14.3 Å². The lowest BCUT2D eigenvalue weighted by molar-refractivity contribution is -0.130. The van der Waals surface area contributed by atoms with Gasteiger partial charge in [-0.15, -0.1) is 0 Å². The van der Waals surface area contributed by atoms with Crippen LogP contribution in [0.5, 0.6) is 5.88 Å². The Bertz CT molecular complexity index is 927. The van der Waals surface area contributed by atoms with E-state index in [1.54, 1.807) is 28.5 Å². The average Bonchev–Trinajstić information content (AvgIpc) is 2.78. The first-order valence-corrected chi connectivity index (χ1v) is 9.91. The summed E-state index contributed by atoms with van der Waals surface area (Å²) in [4.78, 5) is 30.8. The lowest BCUT2D eigenvalue weighted by atomic mass is 9.97. The fourth-order valence-electron chi connectivity index (χ4n) is 3.57. The van der Waals surface area contributed by atoms with Crippen molar-refractivity contribution < 1.29 is 19.1 Å². The molecule has 0 fully saturated rings. The minimum Gasteiger partial charge on any atom is -0.434 e. The maximum atomic E-state index is 13.4. The van der Waals surface area contributed by atoms with Crippen molar-refractivity contribution in [2.75, 3.05) is 26.8 Å². The van der Waals surface area contributed by atoms with Gasteiger partial charge < -0.3 is 14.3 Å². The van der Waals surface area contributed by atoms with Gasteiger partial charge in [-0.1, -0.05) is 15.9 Å². The second-order valence-corrected chi connectivity index (χ2v) is 7.46. The SMILES string of the molecule is CCOC(=O)Oc1c(-c2c(C)cc(Br)cc2C)c(=O)n2n1CCN(OC)CC2. The van der Waals surface area contributed by atoms with Gasteiger partial charge in [0.25, 0.3) is 5.56 Å². The molecular weight excluding hydrogens is 430 g/mol. The highest BCUT2D eigenvalue weighted by Crippen LogP contribution is 2.35. The maximum absolute atomic E-state index is 13.4. The van der Waals surface area contributed by atoms with E-state index in [2.05, 4.69) is 15.9 Å². The first-order chi connectivity index (χ1) is 13.4. The summed E-state index contributed by atoms with van der Waals surface area (Å²) in [6.07, 6.45) is -0.829. The number of aromatic nitrogens is 2. The van der Waals surface area contributed by atoms with Crippen molar-refractivity contribution in [3.63, 3.8) is 0 Å². The van der Waals surface area contributed by atoms with Gasteiger partial charge in [-0.3, -0.25) is 4.79 Å². The molecule has 0 unspecified atom stereocenters. The zero-order valence-electron chi connectivity index (χ0n) is 16.5. The monoisotopic (exact) mass is 453 g/mol. The van der Waals surface area contributed by atoms with E-state index in [0.29, 0.717) is 31.7 Å². The molecule has 8 nitrogen and oxygen atoms in total. The molecule has 28 heavy (non-hydrogen) atoms. The summed E-state index contributed by atoms with van der Waals surface area (Å²) < 4.78 is 14.7. The average molecular weight is 454 g/mol. The van der Waals surface area contributed by atoms with Gasteiger partial charge in [0.05, 0.1) is 26.8 Å². The highest BCUT2D eigenvalue weighted by molar-refractivity contribution is 9.10. The normalized spacial score (nSPS) is 14.5. The minimum absolute atomic E-state index is 0.187. The summed E-state index contributed by atoms with van der Waals surface area (Å²) in [7, 11) is 1.60. The van der Waals surface area contributed by atoms with E-state index in [9.17, 15) is 9.59 Å². The smallest absolute Gasteiger partial charge is 0.434 e. The molecule has 1 aliphatic heterocycles. The molecule has 2 heterocycles. The number of hydrogen-bond donors (Lipinski definition) is 0. The Balaban J connectivity index is 2.20. The summed E-state index contributed by atoms with van der Waals surface area (Å²) in [6, 6.07) is 3.88. The predicted molar refractivity (Wildman–Crippen MR) is 108 cm³/mol. The summed E-state index contributed by atoms with van der Waals surface area (Å²) >= 11 is 3.49. The third kappa shape index (κ3) is 3.87. The van der Waals surface area contributed by atoms with E-state index >= 15 is 0 Å². The number of hydrogen-bond acceptors (Lipinski definition) is 6. The summed E-state index contributed by atoms with van der Waals surface area (Å²) in [5, 5.41) is 1.77. The standard InChI is InChI=1S/C19H24BrN3O5/c1-5-27-19(25)28-18-16(15-12(2)10-14(20)11-13(15)3)17(24)22-8-6-21(26-4)7-9-23(18)22/h10-11H,5-9H2,1-4H3. The quantitative estimate of drug-likeness (QED) is 0.662. The van der Waals surface area contributed by atoms with E-state index < -0.39 is 6.16 Å². The van der Waals surface area contributed by atoms with Crippen LogP contribution in [0.3, 0.4) is 0 Å². The van der Waals surface area contributed by atoms with Gasteiger partial charge in [0, 0.05) is 17.6 Å². The molecule has 3 rings (SSSR count). The molecule has 0 radical (unpaired) electrons. The largest absolute Gasteiger partial charge is 0.515 e. The molecule has 1 aromatic carbocycles. The van der Waals surface area contributed by atoms with Gasteiger partial charge in [-0.25, -0.2) is 14.2 Å². The summed E-state index contributed by atoms with van der Waals surface area (Å²) in [5.74, 6) is 0.204. The van der Waals surface area contributed by atoms with Crippen molar-refractivity contribution in [3.8, 4) is 17.0 Å². The molecule has 0 saturated carbocycles. The molecule has 0 amide bonds. The number of fused-ring (bicyclic) bond motifs is 1. The van der Waals surface area contributed by atoms with Crippen LogP contribution in [0.4, 0.5) is 4.79 Å².